The van der Waals surface area contributed by atoms with Gasteiger partial charge < -0.3 is 4.74 Å². The van der Waals surface area contributed by atoms with Crippen LogP contribution in [-0.4, -0.2) is 32.1 Å². The molecule has 1 heterocycles. The topological polar surface area (TPSA) is 46.6 Å². The minimum absolute atomic E-state index is 0.0131. The van der Waals surface area contributed by atoms with Crippen molar-refractivity contribution in [2.45, 2.75) is 25.8 Å². The average molecular weight is 269 g/mol. The van der Waals surface area contributed by atoms with E-state index in [4.69, 9.17) is 4.74 Å². The first-order chi connectivity index (χ1) is 8.58. The van der Waals surface area contributed by atoms with Crippen LogP contribution < -0.4 is 4.74 Å². The minimum atomic E-state index is -3.11. The van der Waals surface area contributed by atoms with Gasteiger partial charge in [0.15, 0.2) is 0 Å². The van der Waals surface area contributed by atoms with Gasteiger partial charge in [-0.25, -0.2) is 8.42 Å². The monoisotopic (exact) mass is 269 g/mol. The third-order valence-electron chi connectivity index (χ3n) is 3.43. The number of nitrogens with zero attached hydrogens (tertiary/aromatic N) is 1. The van der Waals surface area contributed by atoms with Crippen molar-refractivity contribution in [2.24, 2.45) is 0 Å². The molecule has 1 fully saturated rings. The van der Waals surface area contributed by atoms with E-state index < -0.39 is 10.0 Å². The maximum atomic E-state index is 12.0. The number of sulfonamides is 1. The zero-order chi connectivity index (χ0) is 13.2. The van der Waals surface area contributed by atoms with Crippen LogP contribution in [-0.2, 0) is 10.0 Å². The zero-order valence-electron chi connectivity index (χ0n) is 10.8. The molecule has 0 N–H and O–H groups in total. The Hall–Kier alpha value is -1.07. The van der Waals surface area contributed by atoms with E-state index in [9.17, 15) is 8.42 Å². The molecular weight excluding hydrogens is 250 g/mol. The Labute approximate surface area is 109 Å². The third-order valence-corrected chi connectivity index (χ3v) is 5.31. The number of methoxy groups -OCH3 is 1. The predicted octanol–water partition coefficient (Wildman–Crippen LogP) is 2.18. The summed E-state index contributed by atoms with van der Waals surface area (Å²) in [6, 6.07) is 7.65. The Morgan fingerprint density at radius 2 is 2.00 bits per heavy atom. The summed E-state index contributed by atoms with van der Waals surface area (Å²) in [5.74, 6) is 0.960. The molecule has 2 rings (SSSR count). The van der Waals surface area contributed by atoms with Crippen molar-refractivity contribution in [2.75, 3.05) is 19.4 Å². The van der Waals surface area contributed by atoms with Crippen molar-refractivity contribution in [3.05, 3.63) is 29.8 Å². The molecule has 0 unspecified atom stereocenters. The highest BCUT2D eigenvalue weighted by molar-refractivity contribution is 7.89. The minimum Gasteiger partial charge on any atom is -0.497 e. The summed E-state index contributed by atoms with van der Waals surface area (Å²) < 4.78 is 30.8. The molecule has 0 radical (unpaired) electrons. The van der Waals surface area contributed by atoms with Crippen LogP contribution in [0.5, 0.6) is 5.75 Å². The highest BCUT2D eigenvalue weighted by atomic mass is 32.2. The number of hydrogen-bond donors (Lipinski definition) is 0. The lowest BCUT2D eigenvalue weighted by Gasteiger charge is -2.23. The number of rotatable bonds is 4. The molecule has 1 aliphatic rings. The Balaban J connectivity index is 2.26. The summed E-state index contributed by atoms with van der Waals surface area (Å²) in [6.45, 7) is 2.33. The zero-order valence-corrected chi connectivity index (χ0v) is 11.6. The van der Waals surface area contributed by atoms with Gasteiger partial charge in [-0.3, -0.25) is 0 Å². The van der Waals surface area contributed by atoms with Gasteiger partial charge in [0.05, 0.1) is 12.9 Å². The van der Waals surface area contributed by atoms with Crippen LogP contribution >= 0.6 is 0 Å². The molecular formula is C13H19NO3S. The maximum absolute atomic E-state index is 12.0. The standard InChI is InChI=1S/C13H19NO3S/c1-3-18(15,16)14-10-4-5-13(14)11-6-8-12(17-2)9-7-11/h6-9,13H,3-5,10H2,1-2H3/t13-/m0/s1. The van der Waals surface area contributed by atoms with Gasteiger partial charge in [0.2, 0.25) is 10.0 Å². The van der Waals surface area contributed by atoms with Crippen molar-refractivity contribution in [3.8, 4) is 5.75 Å². The summed E-state index contributed by atoms with van der Waals surface area (Å²) in [5, 5.41) is 0. The van der Waals surface area contributed by atoms with Crippen LogP contribution in [0.1, 0.15) is 31.4 Å². The fourth-order valence-corrected chi connectivity index (χ4v) is 3.75. The van der Waals surface area contributed by atoms with Crippen molar-refractivity contribution in [3.63, 3.8) is 0 Å². The van der Waals surface area contributed by atoms with E-state index in [1.165, 1.54) is 0 Å². The molecule has 0 spiro atoms. The van der Waals surface area contributed by atoms with Crippen LogP contribution in [0.3, 0.4) is 0 Å². The van der Waals surface area contributed by atoms with Crippen LogP contribution in [0, 0.1) is 0 Å². The number of hydrogen-bond acceptors (Lipinski definition) is 3. The molecule has 100 valence electrons. The number of ether oxygens (including phenoxy) is 1. The lowest BCUT2D eigenvalue weighted by Crippen LogP contribution is -2.31. The third kappa shape index (κ3) is 2.52. The van der Waals surface area contributed by atoms with E-state index in [1.807, 2.05) is 24.3 Å². The summed E-state index contributed by atoms with van der Waals surface area (Å²) in [7, 11) is -1.49. The SMILES string of the molecule is CCS(=O)(=O)N1CCC[C@H]1c1ccc(OC)cc1. The molecule has 1 aromatic rings. The normalized spacial score (nSPS) is 21.1. The van der Waals surface area contributed by atoms with E-state index in [-0.39, 0.29) is 11.8 Å². The first-order valence-electron chi connectivity index (χ1n) is 6.22. The maximum Gasteiger partial charge on any atom is 0.214 e. The van der Waals surface area contributed by atoms with Crippen LogP contribution in [0.25, 0.3) is 0 Å². The first-order valence-corrected chi connectivity index (χ1v) is 7.83. The molecule has 0 aliphatic carbocycles. The van der Waals surface area contributed by atoms with Crippen LogP contribution in [0.15, 0.2) is 24.3 Å². The largest absolute Gasteiger partial charge is 0.497 e. The van der Waals surface area contributed by atoms with Crippen molar-refractivity contribution >= 4 is 10.0 Å². The second-order valence-electron chi connectivity index (χ2n) is 4.44. The van der Waals surface area contributed by atoms with Crippen molar-refractivity contribution < 1.29 is 13.2 Å². The second kappa shape index (κ2) is 5.28. The molecule has 18 heavy (non-hydrogen) atoms. The second-order valence-corrected chi connectivity index (χ2v) is 6.65. The van der Waals surface area contributed by atoms with Gasteiger partial charge in [-0.05, 0) is 37.5 Å². The van der Waals surface area contributed by atoms with Crippen LogP contribution in [0.4, 0.5) is 0 Å². The quantitative estimate of drug-likeness (QED) is 0.841. The average Bonchev–Trinajstić information content (AvgIpc) is 2.89. The van der Waals surface area contributed by atoms with Gasteiger partial charge in [0.1, 0.15) is 5.75 Å². The molecule has 0 aromatic heterocycles. The van der Waals surface area contributed by atoms with Gasteiger partial charge in [0.25, 0.3) is 0 Å². The molecule has 1 aliphatic heterocycles. The molecule has 4 nitrogen and oxygen atoms in total. The molecule has 0 saturated carbocycles. The first kappa shape index (κ1) is 13.4. The van der Waals surface area contributed by atoms with Crippen LogP contribution in [0.2, 0.25) is 0 Å². The fraction of sp³-hybridized carbons (Fsp3) is 0.538. The molecule has 0 bridgehead atoms. The van der Waals surface area contributed by atoms with Gasteiger partial charge in [0, 0.05) is 12.6 Å². The van der Waals surface area contributed by atoms with Gasteiger partial charge in [-0.1, -0.05) is 12.1 Å². The molecule has 1 aromatic carbocycles. The fourth-order valence-electron chi connectivity index (χ4n) is 2.40. The lowest BCUT2D eigenvalue weighted by atomic mass is 10.1. The molecule has 1 saturated heterocycles. The Bertz CT molecular complexity index is 495. The highest BCUT2D eigenvalue weighted by Gasteiger charge is 2.33. The van der Waals surface area contributed by atoms with E-state index in [1.54, 1.807) is 18.3 Å². The van der Waals surface area contributed by atoms with Crippen molar-refractivity contribution in [1.29, 1.82) is 0 Å². The van der Waals surface area contributed by atoms with E-state index in [0.717, 1.165) is 24.2 Å². The lowest BCUT2D eigenvalue weighted by molar-refractivity contribution is 0.395. The molecule has 5 heteroatoms. The van der Waals surface area contributed by atoms with E-state index in [2.05, 4.69) is 0 Å². The number of benzene rings is 1. The predicted molar refractivity (Wildman–Crippen MR) is 71.1 cm³/mol. The smallest absolute Gasteiger partial charge is 0.214 e. The molecule has 1 atom stereocenters. The Morgan fingerprint density at radius 1 is 1.33 bits per heavy atom. The van der Waals surface area contributed by atoms with Gasteiger partial charge in [-0.2, -0.15) is 4.31 Å². The highest BCUT2D eigenvalue weighted by Crippen LogP contribution is 2.34. The summed E-state index contributed by atoms with van der Waals surface area (Å²) in [4.78, 5) is 0. The van der Waals surface area contributed by atoms with E-state index in [0.29, 0.717) is 6.54 Å². The Morgan fingerprint density at radius 3 is 2.56 bits per heavy atom. The van der Waals surface area contributed by atoms with E-state index >= 15 is 0 Å². The molecule has 0 amide bonds. The summed E-state index contributed by atoms with van der Waals surface area (Å²) >= 11 is 0. The van der Waals surface area contributed by atoms with Gasteiger partial charge in [-0.15, -0.1) is 0 Å². The summed E-state index contributed by atoms with van der Waals surface area (Å²) in [6.07, 6.45) is 1.82. The Kier molecular flexibility index (Phi) is 3.92. The summed E-state index contributed by atoms with van der Waals surface area (Å²) in [5.41, 5.74) is 1.05. The van der Waals surface area contributed by atoms with Crippen molar-refractivity contribution in [1.82, 2.24) is 4.31 Å². The van der Waals surface area contributed by atoms with Gasteiger partial charge >= 0.3 is 0 Å².